The Bertz CT molecular complexity index is 2810. The lowest BCUT2D eigenvalue weighted by atomic mass is 9.82. The van der Waals surface area contributed by atoms with Crippen LogP contribution in [0.15, 0.2) is 121 Å². The van der Waals surface area contributed by atoms with Crippen molar-refractivity contribution in [2.24, 2.45) is 0 Å². The van der Waals surface area contributed by atoms with Crippen LogP contribution in [0.5, 0.6) is 11.5 Å². The number of carbonyl (C=O) groups is 2. The second kappa shape index (κ2) is 12.6. The number of hydrogen-bond acceptors (Lipinski definition) is 5. The Labute approximate surface area is 324 Å². The summed E-state index contributed by atoms with van der Waals surface area (Å²) in [4.78, 5) is 28.6. The number of aryl methyl sites for hydroxylation is 2. The quantitative estimate of drug-likeness (QED) is 0.158. The van der Waals surface area contributed by atoms with Crippen molar-refractivity contribution in [1.29, 1.82) is 0 Å². The smallest absolute Gasteiger partial charge is 0.380 e. The number of fused-ring (bicyclic) bond motifs is 3. The van der Waals surface area contributed by atoms with Gasteiger partial charge < -0.3 is 4.74 Å². The standard InChI is InChI=1S/C45H26F6O3S2/c1-23-32(21-35(55-23)25-10-4-3-5-11-25)38-39(44(48,49)45(50,51)43(38,46)47)33-22-36(56-24(33)2)26-16-18-28(19-17-26)54-42-29-13-7-6-12-27(29)20-34-37(42)41(53)31-15-9-8-14-30(31)40(34)52/h3-22H,1-2H3. The van der Waals surface area contributed by atoms with Gasteiger partial charge in [0, 0.05) is 52.7 Å². The summed E-state index contributed by atoms with van der Waals surface area (Å²) in [6.07, 6.45) is 0. The summed E-state index contributed by atoms with van der Waals surface area (Å²) in [5.41, 5.74) is -1.49. The van der Waals surface area contributed by atoms with E-state index in [0.29, 0.717) is 37.2 Å². The second-order valence-corrected chi connectivity index (χ2v) is 16.2. The molecule has 2 aliphatic rings. The normalized spacial score (nSPS) is 16.6. The molecule has 2 aromatic heterocycles. The first-order valence-corrected chi connectivity index (χ1v) is 19.0. The summed E-state index contributed by atoms with van der Waals surface area (Å²) in [5, 5.41) is 1.28. The van der Waals surface area contributed by atoms with Gasteiger partial charge in [0.15, 0.2) is 11.6 Å². The Hall–Kier alpha value is -5.78. The number of hydrogen-bond donors (Lipinski definition) is 0. The molecule has 2 aliphatic carbocycles. The van der Waals surface area contributed by atoms with Gasteiger partial charge in [-0.15, -0.1) is 22.7 Å². The summed E-state index contributed by atoms with van der Waals surface area (Å²) >= 11 is 2.07. The van der Waals surface area contributed by atoms with Crippen LogP contribution in [0.1, 0.15) is 52.7 Å². The van der Waals surface area contributed by atoms with E-state index in [9.17, 15) is 9.59 Å². The van der Waals surface area contributed by atoms with Gasteiger partial charge in [-0.05, 0) is 84.0 Å². The molecular formula is C45H26F6O3S2. The topological polar surface area (TPSA) is 43.4 Å². The van der Waals surface area contributed by atoms with E-state index in [0.717, 1.165) is 22.7 Å². The first-order valence-electron chi connectivity index (χ1n) is 17.4. The van der Waals surface area contributed by atoms with E-state index in [4.69, 9.17) is 4.74 Å². The molecule has 0 saturated heterocycles. The minimum atomic E-state index is -5.69. The number of rotatable bonds is 6. The molecule has 2 heterocycles. The van der Waals surface area contributed by atoms with Crippen LogP contribution in [0.2, 0.25) is 0 Å². The van der Waals surface area contributed by atoms with E-state index in [1.54, 1.807) is 103 Å². The van der Waals surface area contributed by atoms with E-state index in [1.165, 1.54) is 26.0 Å². The minimum Gasteiger partial charge on any atom is -0.456 e. The molecule has 7 aromatic rings. The molecule has 0 fully saturated rings. The number of carbonyl (C=O) groups excluding carboxylic acids is 2. The van der Waals surface area contributed by atoms with Gasteiger partial charge in [0.1, 0.15) is 11.5 Å². The predicted octanol–water partition coefficient (Wildman–Crippen LogP) is 13.3. The Morgan fingerprint density at radius 2 is 1.02 bits per heavy atom. The zero-order valence-corrected chi connectivity index (χ0v) is 31.0. The van der Waals surface area contributed by atoms with Crippen molar-refractivity contribution in [3.8, 4) is 32.4 Å². The fourth-order valence-electron chi connectivity index (χ4n) is 7.57. The van der Waals surface area contributed by atoms with Gasteiger partial charge in [-0.2, -0.15) is 26.3 Å². The van der Waals surface area contributed by atoms with Crippen molar-refractivity contribution in [3.63, 3.8) is 0 Å². The fourth-order valence-corrected chi connectivity index (χ4v) is 9.63. The fraction of sp³-hybridized carbons (Fsp3) is 0.111. The number of alkyl halides is 6. The number of thiophene rings is 2. The monoisotopic (exact) mass is 792 g/mol. The Morgan fingerprint density at radius 1 is 0.518 bits per heavy atom. The van der Waals surface area contributed by atoms with Crippen LogP contribution in [0.4, 0.5) is 26.3 Å². The molecule has 3 nitrogen and oxygen atoms in total. The van der Waals surface area contributed by atoms with Gasteiger partial charge in [-0.1, -0.05) is 78.9 Å². The molecule has 0 atom stereocenters. The van der Waals surface area contributed by atoms with Gasteiger partial charge >= 0.3 is 17.8 Å². The molecule has 0 saturated carbocycles. The third kappa shape index (κ3) is 5.17. The molecule has 0 amide bonds. The van der Waals surface area contributed by atoms with Gasteiger partial charge in [0.2, 0.25) is 0 Å². The van der Waals surface area contributed by atoms with Crippen molar-refractivity contribution in [2.75, 3.05) is 0 Å². The van der Waals surface area contributed by atoms with Crippen molar-refractivity contribution in [2.45, 2.75) is 31.6 Å². The number of halogens is 6. The second-order valence-electron chi connectivity index (χ2n) is 13.7. The summed E-state index contributed by atoms with van der Waals surface area (Å²) in [6.45, 7) is 2.89. The zero-order chi connectivity index (χ0) is 39.3. The molecule has 0 radical (unpaired) electrons. The van der Waals surface area contributed by atoms with Crippen molar-refractivity contribution in [1.82, 2.24) is 0 Å². The Morgan fingerprint density at radius 3 is 1.61 bits per heavy atom. The number of ether oxygens (including phenoxy) is 1. The van der Waals surface area contributed by atoms with Crippen LogP contribution >= 0.6 is 22.7 Å². The molecule has 56 heavy (non-hydrogen) atoms. The van der Waals surface area contributed by atoms with Crippen LogP contribution in [-0.4, -0.2) is 29.3 Å². The van der Waals surface area contributed by atoms with E-state index >= 15 is 26.3 Å². The summed E-state index contributed by atoms with van der Waals surface area (Å²) in [6, 6.07) is 33.0. The summed E-state index contributed by atoms with van der Waals surface area (Å²) < 4.78 is 100. The van der Waals surface area contributed by atoms with Gasteiger partial charge in [0.05, 0.1) is 5.56 Å². The lowest BCUT2D eigenvalue weighted by molar-refractivity contribution is -0.254. The molecule has 9 rings (SSSR count). The average Bonchev–Trinajstić information content (AvgIpc) is 3.79. The lowest BCUT2D eigenvalue weighted by Crippen LogP contribution is -2.48. The predicted molar refractivity (Wildman–Crippen MR) is 208 cm³/mol. The number of benzene rings is 5. The maximum atomic E-state index is 15.8. The molecule has 0 unspecified atom stereocenters. The number of ketones is 2. The highest BCUT2D eigenvalue weighted by Crippen LogP contribution is 2.66. The van der Waals surface area contributed by atoms with Crippen LogP contribution in [-0.2, 0) is 0 Å². The molecule has 5 aromatic carbocycles. The Balaban J connectivity index is 1.11. The van der Waals surface area contributed by atoms with Crippen molar-refractivity contribution in [3.05, 3.63) is 164 Å². The van der Waals surface area contributed by atoms with Crippen LogP contribution in [0.3, 0.4) is 0 Å². The maximum absolute atomic E-state index is 15.8. The van der Waals surface area contributed by atoms with Crippen molar-refractivity contribution < 1.29 is 40.7 Å². The third-order valence-electron chi connectivity index (χ3n) is 10.3. The summed E-state index contributed by atoms with van der Waals surface area (Å²) in [7, 11) is 0. The third-order valence-corrected chi connectivity index (χ3v) is 12.5. The first kappa shape index (κ1) is 35.9. The lowest BCUT2D eigenvalue weighted by Gasteiger charge is -2.25. The number of allylic oxidation sites excluding steroid dienone is 2. The Kier molecular flexibility index (Phi) is 8.09. The summed E-state index contributed by atoms with van der Waals surface area (Å²) in [5.74, 6) is -16.2. The molecule has 278 valence electrons. The van der Waals surface area contributed by atoms with E-state index in [-0.39, 0.29) is 60.6 Å². The molecule has 0 aliphatic heterocycles. The van der Waals surface area contributed by atoms with Crippen LogP contribution < -0.4 is 4.74 Å². The average molecular weight is 793 g/mol. The highest BCUT2D eigenvalue weighted by molar-refractivity contribution is 7.16. The van der Waals surface area contributed by atoms with E-state index in [1.807, 2.05) is 6.07 Å². The van der Waals surface area contributed by atoms with E-state index in [2.05, 4.69) is 0 Å². The molecule has 11 heteroatoms. The highest BCUT2D eigenvalue weighted by atomic mass is 32.1. The molecule has 0 spiro atoms. The first-order chi connectivity index (χ1) is 26.7. The van der Waals surface area contributed by atoms with Gasteiger partial charge in [0.25, 0.3) is 0 Å². The van der Waals surface area contributed by atoms with E-state index < -0.39 is 28.9 Å². The highest BCUT2D eigenvalue weighted by Gasteiger charge is 2.80. The largest absolute Gasteiger partial charge is 0.456 e. The minimum absolute atomic E-state index is 0.127. The molecule has 0 bridgehead atoms. The van der Waals surface area contributed by atoms with Crippen molar-refractivity contribution >= 4 is 56.2 Å². The van der Waals surface area contributed by atoms with Crippen LogP contribution in [0, 0.1) is 13.8 Å². The van der Waals surface area contributed by atoms with Gasteiger partial charge in [-0.3, -0.25) is 9.59 Å². The molecular weight excluding hydrogens is 767 g/mol. The zero-order valence-electron chi connectivity index (χ0n) is 29.4. The molecule has 0 N–H and O–H groups in total. The van der Waals surface area contributed by atoms with Crippen LogP contribution in [0.25, 0.3) is 42.8 Å². The van der Waals surface area contributed by atoms with Gasteiger partial charge in [-0.25, -0.2) is 0 Å². The SMILES string of the molecule is Cc1sc(-c2ccccc2)cc1C1=C(c2cc(-c3ccc(Oc4c5c(cc6ccccc46)C(=O)c4ccccc4C5=O)cc3)sc2C)C(F)(F)C(F)(F)C1(F)F. The maximum Gasteiger partial charge on any atom is 0.380 e.